The van der Waals surface area contributed by atoms with Crippen LogP contribution in [0.1, 0.15) is 24.5 Å². The van der Waals surface area contributed by atoms with Crippen LogP contribution in [-0.2, 0) is 18.9 Å². The molecule has 0 radical (unpaired) electrons. The minimum atomic E-state index is -0.0972. The van der Waals surface area contributed by atoms with Crippen molar-refractivity contribution < 1.29 is 18.9 Å². The standard InChI is InChI=1S/C30H32O4/c1-2-8-25-22-26(11-10-23(25)6-1)28-13-12-24-7-3-4-9-27(24)30(28)29-14-17-33-19-18-31-15-5-16-32-20-21-34-29/h1-4,6-13,22,29H,5,14-21H2/t29-/m1/s1. The Bertz CT molecular complexity index is 1200. The molecular weight excluding hydrogens is 424 g/mol. The van der Waals surface area contributed by atoms with Crippen LogP contribution in [0.25, 0.3) is 32.7 Å². The van der Waals surface area contributed by atoms with Crippen LogP contribution in [0, 0.1) is 0 Å². The summed E-state index contributed by atoms with van der Waals surface area (Å²) in [7, 11) is 0. The van der Waals surface area contributed by atoms with Crippen LogP contribution in [0.2, 0.25) is 0 Å². The average molecular weight is 457 g/mol. The second-order valence-electron chi connectivity index (χ2n) is 8.65. The molecule has 4 aromatic carbocycles. The van der Waals surface area contributed by atoms with E-state index in [2.05, 4.69) is 78.9 Å². The first kappa shape index (κ1) is 23.0. The van der Waals surface area contributed by atoms with E-state index >= 15 is 0 Å². The van der Waals surface area contributed by atoms with Gasteiger partial charge < -0.3 is 18.9 Å². The molecule has 5 rings (SSSR count). The van der Waals surface area contributed by atoms with Crippen molar-refractivity contribution >= 4 is 21.5 Å². The quantitative estimate of drug-likeness (QED) is 0.342. The molecule has 176 valence electrons. The molecule has 1 atom stereocenters. The largest absolute Gasteiger partial charge is 0.379 e. The van der Waals surface area contributed by atoms with Gasteiger partial charge in [-0.3, -0.25) is 0 Å². The molecule has 1 aliphatic heterocycles. The van der Waals surface area contributed by atoms with Crippen LogP contribution in [0.5, 0.6) is 0 Å². The van der Waals surface area contributed by atoms with Gasteiger partial charge in [0.2, 0.25) is 0 Å². The maximum absolute atomic E-state index is 6.49. The van der Waals surface area contributed by atoms with Gasteiger partial charge in [-0.25, -0.2) is 0 Å². The molecule has 0 aliphatic carbocycles. The van der Waals surface area contributed by atoms with Gasteiger partial charge in [0.15, 0.2) is 0 Å². The summed E-state index contributed by atoms with van der Waals surface area (Å²) in [4.78, 5) is 0. The molecule has 0 unspecified atom stereocenters. The molecule has 0 aromatic heterocycles. The van der Waals surface area contributed by atoms with Gasteiger partial charge in [0.25, 0.3) is 0 Å². The van der Waals surface area contributed by atoms with Crippen LogP contribution in [-0.4, -0.2) is 46.2 Å². The highest BCUT2D eigenvalue weighted by Crippen LogP contribution is 2.38. The van der Waals surface area contributed by atoms with Crippen molar-refractivity contribution in [3.63, 3.8) is 0 Å². The third-order valence-corrected chi connectivity index (χ3v) is 6.37. The molecule has 1 heterocycles. The first-order valence-corrected chi connectivity index (χ1v) is 12.3. The lowest BCUT2D eigenvalue weighted by Crippen LogP contribution is -2.16. The van der Waals surface area contributed by atoms with E-state index < -0.39 is 0 Å². The zero-order valence-corrected chi connectivity index (χ0v) is 19.6. The summed E-state index contributed by atoms with van der Waals surface area (Å²) < 4.78 is 23.8. The number of fused-ring (bicyclic) bond motifs is 2. The molecule has 1 saturated heterocycles. The summed E-state index contributed by atoms with van der Waals surface area (Å²) in [6.45, 7) is 4.35. The molecule has 34 heavy (non-hydrogen) atoms. The number of rotatable bonds is 2. The van der Waals surface area contributed by atoms with Crippen molar-refractivity contribution in [1.29, 1.82) is 0 Å². The normalized spacial score (nSPS) is 19.1. The summed E-state index contributed by atoms with van der Waals surface area (Å²) in [6.07, 6.45) is 1.56. The Morgan fingerprint density at radius 2 is 1.24 bits per heavy atom. The van der Waals surface area contributed by atoms with Crippen molar-refractivity contribution in [2.24, 2.45) is 0 Å². The van der Waals surface area contributed by atoms with E-state index in [4.69, 9.17) is 18.9 Å². The predicted octanol–water partition coefficient (Wildman–Crippen LogP) is 6.56. The third kappa shape index (κ3) is 5.48. The minimum absolute atomic E-state index is 0.0972. The molecule has 1 fully saturated rings. The molecule has 0 bridgehead atoms. The Labute approximate surface area is 201 Å². The lowest BCUT2D eigenvalue weighted by Gasteiger charge is -2.24. The van der Waals surface area contributed by atoms with Gasteiger partial charge in [-0.15, -0.1) is 0 Å². The summed E-state index contributed by atoms with van der Waals surface area (Å²) in [6, 6.07) is 28.2. The van der Waals surface area contributed by atoms with Crippen LogP contribution < -0.4 is 0 Å². The zero-order chi connectivity index (χ0) is 23.0. The SMILES string of the molecule is c1ccc2cc(-c3ccc4ccccc4c3[C@H]3CCOCCOCCCOCCO3)ccc2c1. The van der Waals surface area contributed by atoms with Gasteiger partial charge in [-0.2, -0.15) is 0 Å². The second-order valence-corrected chi connectivity index (χ2v) is 8.65. The summed E-state index contributed by atoms with van der Waals surface area (Å²) in [5, 5.41) is 4.93. The third-order valence-electron chi connectivity index (χ3n) is 6.37. The fourth-order valence-corrected chi connectivity index (χ4v) is 4.69. The number of hydrogen-bond acceptors (Lipinski definition) is 4. The van der Waals surface area contributed by atoms with E-state index in [0.29, 0.717) is 46.2 Å². The number of benzene rings is 4. The predicted molar refractivity (Wildman–Crippen MR) is 137 cm³/mol. The van der Waals surface area contributed by atoms with E-state index in [0.717, 1.165) is 12.8 Å². The highest BCUT2D eigenvalue weighted by molar-refractivity contribution is 5.94. The van der Waals surface area contributed by atoms with Crippen LogP contribution >= 0.6 is 0 Å². The molecule has 0 spiro atoms. The van der Waals surface area contributed by atoms with Gasteiger partial charge in [0.05, 0.1) is 32.5 Å². The highest BCUT2D eigenvalue weighted by atomic mass is 16.5. The maximum Gasteiger partial charge on any atom is 0.0860 e. The first-order valence-electron chi connectivity index (χ1n) is 12.3. The molecule has 4 aromatic rings. The Morgan fingerprint density at radius 1 is 0.559 bits per heavy atom. The molecule has 4 heteroatoms. The van der Waals surface area contributed by atoms with Gasteiger partial charge in [-0.05, 0) is 50.7 Å². The maximum atomic E-state index is 6.49. The summed E-state index contributed by atoms with van der Waals surface area (Å²) in [5.41, 5.74) is 3.63. The minimum Gasteiger partial charge on any atom is -0.379 e. The van der Waals surface area contributed by atoms with E-state index in [-0.39, 0.29) is 6.10 Å². The zero-order valence-electron chi connectivity index (χ0n) is 19.6. The Hall–Kier alpha value is -2.76. The summed E-state index contributed by atoms with van der Waals surface area (Å²) >= 11 is 0. The van der Waals surface area contributed by atoms with E-state index in [1.54, 1.807) is 0 Å². The molecule has 0 saturated carbocycles. The van der Waals surface area contributed by atoms with E-state index in [1.165, 1.54) is 38.2 Å². The molecular formula is C30H32O4. The first-order chi connectivity index (χ1) is 16.9. The number of ether oxygens (including phenoxy) is 4. The van der Waals surface area contributed by atoms with Gasteiger partial charge in [0.1, 0.15) is 0 Å². The van der Waals surface area contributed by atoms with Gasteiger partial charge >= 0.3 is 0 Å². The summed E-state index contributed by atoms with van der Waals surface area (Å²) in [5.74, 6) is 0. The molecule has 1 aliphatic rings. The average Bonchev–Trinajstić information content (AvgIpc) is 2.89. The lowest BCUT2D eigenvalue weighted by molar-refractivity contribution is -0.0288. The van der Waals surface area contributed by atoms with Crippen molar-refractivity contribution in [3.05, 3.63) is 84.4 Å². The molecule has 0 amide bonds. The monoisotopic (exact) mass is 456 g/mol. The number of hydrogen-bond donors (Lipinski definition) is 0. The Kier molecular flexibility index (Phi) is 7.84. The molecule has 4 nitrogen and oxygen atoms in total. The van der Waals surface area contributed by atoms with E-state index in [1.807, 2.05) is 0 Å². The van der Waals surface area contributed by atoms with Gasteiger partial charge in [-0.1, -0.05) is 72.8 Å². The Balaban J connectivity index is 1.54. The van der Waals surface area contributed by atoms with Crippen molar-refractivity contribution in [1.82, 2.24) is 0 Å². The van der Waals surface area contributed by atoms with Crippen LogP contribution in [0.4, 0.5) is 0 Å². The highest BCUT2D eigenvalue weighted by Gasteiger charge is 2.21. The van der Waals surface area contributed by atoms with Gasteiger partial charge in [0, 0.05) is 26.2 Å². The molecule has 0 N–H and O–H groups in total. The smallest absolute Gasteiger partial charge is 0.0860 e. The fourth-order valence-electron chi connectivity index (χ4n) is 4.69. The van der Waals surface area contributed by atoms with Crippen molar-refractivity contribution in [2.45, 2.75) is 18.9 Å². The second kappa shape index (κ2) is 11.6. The topological polar surface area (TPSA) is 36.9 Å². The van der Waals surface area contributed by atoms with Crippen LogP contribution in [0.15, 0.2) is 78.9 Å². The van der Waals surface area contributed by atoms with Crippen LogP contribution in [0.3, 0.4) is 0 Å². The lowest BCUT2D eigenvalue weighted by atomic mass is 9.89. The fraction of sp³-hybridized carbons (Fsp3) is 0.333. The van der Waals surface area contributed by atoms with Crippen molar-refractivity contribution in [2.75, 3.05) is 46.2 Å². The van der Waals surface area contributed by atoms with Crippen molar-refractivity contribution in [3.8, 4) is 11.1 Å². The Morgan fingerprint density at radius 3 is 2.09 bits per heavy atom. The van der Waals surface area contributed by atoms with E-state index in [9.17, 15) is 0 Å².